The lowest BCUT2D eigenvalue weighted by atomic mass is 10.4. The highest BCUT2D eigenvalue weighted by atomic mass is 127. The van der Waals surface area contributed by atoms with Crippen LogP contribution in [0, 0.1) is 3.70 Å². The standard InChI is InChI=1S/C7H5BrINO2/c8-7-6-4(3-5(9)10-7)11-1-2-12-6/h3H,1-2H2. The topological polar surface area (TPSA) is 31.4 Å². The molecule has 0 N–H and O–H groups in total. The second kappa shape index (κ2) is 3.37. The number of ether oxygens (including phenoxy) is 2. The summed E-state index contributed by atoms with van der Waals surface area (Å²) in [5.74, 6) is 1.48. The Morgan fingerprint density at radius 2 is 2.17 bits per heavy atom. The predicted octanol–water partition coefficient (Wildman–Crippen LogP) is 2.22. The van der Waals surface area contributed by atoms with E-state index >= 15 is 0 Å². The molecule has 0 saturated carbocycles. The smallest absolute Gasteiger partial charge is 0.194 e. The maximum atomic E-state index is 5.39. The molecule has 12 heavy (non-hydrogen) atoms. The molecule has 0 saturated heterocycles. The molecule has 0 bridgehead atoms. The van der Waals surface area contributed by atoms with Gasteiger partial charge in [-0.15, -0.1) is 0 Å². The minimum atomic E-state index is 0.591. The number of hydrogen-bond acceptors (Lipinski definition) is 3. The van der Waals surface area contributed by atoms with E-state index in [1.54, 1.807) is 0 Å². The first-order valence-corrected chi connectivity index (χ1v) is 5.26. The van der Waals surface area contributed by atoms with Crippen LogP contribution in [0.4, 0.5) is 0 Å². The van der Waals surface area contributed by atoms with E-state index in [-0.39, 0.29) is 0 Å². The third-order valence-electron chi connectivity index (χ3n) is 1.45. The van der Waals surface area contributed by atoms with Crippen molar-refractivity contribution < 1.29 is 9.47 Å². The molecule has 0 fully saturated rings. The minimum absolute atomic E-state index is 0.591. The second-order valence-corrected chi connectivity index (χ2v) is 4.12. The fourth-order valence-electron chi connectivity index (χ4n) is 0.985. The summed E-state index contributed by atoms with van der Waals surface area (Å²) in [6, 6.07) is 1.86. The third-order valence-corrected chi connectivity index (χ3v) is 2.54. The van der Waals surface area contributed by atoms with Gasteiger partial charge in [-0.3, -0.25) is 0 Å². The normalized spacial score (nSPS) is 14.5. The van der Waals surface area contributed by atoms with Crippen molar-refractivity contribution in [1.82, 2.24) is 4.98 Å². The maximum absolute atomic E-state index is 5.39. The largest absolute Gasteiger partial charge is 0.486 e. The molecule has 0 unspecified atom stereocenters. The van der Waals surface area contributed by atoms with E-state index in [4.69, 9.17) is 9.47 Å². The fraction of sp³-hybridized carbons (Fsp3) is 0.286. The summed E-state index contributed by atoms with van der Waals surface area (Å²) in [4.78, 5) is 4.19. The molecule has 2 rings (SSSR count). The van der Waals surface area contributed by atoms with E-state index in [2.05, 4.69) is 43.5 Å². The number of halogens is 2. The van der Waals surface area contributed by atoms with E-state index in [9.17, 15) is 0 Å². The van der Waals surface area contributed by atoms with Crippen molar-refractivity contribution >= 4 is 38.5 Å². The highest BCUT2D eigenvalue weighted by Gasteiger charge is 2.16. The van der Waals surface area contributed by atoms with Crippen LogP contribution in [-0.2, 0) is 0 Å². The van der Waals surface area contributed by atoms with Crippen LogP contribution in [0.3, 0.4) is 0 Å². The van der Waals surface area contributed by atoms with Gasteiger partial charge in [-0.1, -0.05) is 0 Å². The molecular weight excluding hydrogens is 337 g/mol. The fourth-order valence-corrected chi connectivity index (χ4v) is 2.34. The third kappa shape index (κ3) is 1.52. The number of fused-ring (bicyclic) bond motifs is 1. The number of aromatic nitrogens is 1. The second-order valence-electron chi connectivity index (χ2n) is 2.26. The van der Waals surface area contributed by atoms with Crippen molar-refractivity contribution in [2.75, 3.05) is 13.2 Å². The number of rotatable bonds is 0. The van der Waals surface area contributed by atoms with E-state index in [1.807, 2.05) is 6.07 Å². The Kier molecular flexibility index (Phi) is 2.40. The molecular formula is C7H5BrINO2. The van der Waals surface area contributed by atoms with Gasteiger partial charge < -0.3 is 9.47 Å². The average Bonchev–Trinajstić information content (AvgIpc) is 2.04. The summed E-state index contributed by atoms with van der Waals surface area (Å²) in [7, 11) is 0. The Bertz CT molecular complexity index is 319. The molecule has 1 aromatic heterocycles. The first-order chi connectivity index (χ1) is 5.77. The van der Waals surface area contributed by atoms with Gasteiger partial charge in [-0.2, -0.15) is 0 Å². The first kappa shape index (κ1) is 8.55. The van der Waals surface area contributed by atoms with Crippen LogP contribution in [0.25, 0.3) is 0 Å². The molecule has 0 spiro atoms. The van der Waals surface area contributed by atoms with Gasteiger partial charge in [0, 0.05) is 6.07 Å². The van der Waals surface area contributed by atoms with Gasteiger partial charge >= 0.3 is 0 Å². The van der Waals surface area contributed by atoms with E-state index in [0.717, 1.165) is 9.45 Å². The molecule has 0 atom stereocenters. The van der Waals surface area contributed by atoms with Crippen LogP contribution in [0.15, 0.2) is 10.7 Å². The summed E-state index contributed by atoms with van der Waals surface area (Å²) >= 11 is 5.45. The molecule has 0 radical (unpaired) electrons. The van der Waals surface area contributed by atoms with Crippen molar-refractivity contribution in [2.45, 2.75) is 0 Å². The molecule has 1 aliphatic rings. The molecule has 0 amide bonds. The summed E-state index contributed by atoms with van der Waals surface area (Å²) in [5.41, 5.74) is 0. The number of nitrogens with zero attached hydrogens (tertiary/aromatic N) is 1. The Hall–Kier alpha value is -0.0400. The highest BCUT2D eigenvalue weighted by Crippen LogP contribution is 2.36. The summed E-state index contributed by atoms with van der Waals surface area (Å²) in [6.07, 6.45) is 0. The molecule has 0 aromatic carbocycles. The van der Waals surface area contributed by atoms with Crippen LogP contribution >= 0.6 is 38.5 Å². The molecule has 1 aliphatic heterocycles. The summed E-state index contributed by atoms with van der Waals surface area (Å²) in [6.45, 7) is 1.20. The van der Waals surface area contributed by atoms with Gasteiger partial charge in [-0.05, 0) is 38.5 Å². The molecule has 64 valence electrons. The molecule has 5 heteroatoms. The van der Waals surface area contributed by atoms with Gasteiger partial charge in [0.05, 0.1) is 0 Å². The van der Waals surface area contributed by atoms with Crippen LogP contribution in [-0.4, -0.2) is 18.2 Å². The molecule has 3 nitrogen and oxygen atoms in total. The summed E-state index contributed by atoms with van der Waals surface area (Å²) in [5, 5.41) is 0. The van der Waals surface area contributed by atoms with E-state index in [0.29, 0.717) is 23.6 Å². The van der Waals surface area contributed by atoms with Gasteiger partial charge in [0.1, 0.15) is 16.9 Å². The van der Waals surface area contributed by atoms with E-state index < -0.39 is 0 Å². The molecule has 0 aliphatic carbocycles. The average molecular weight is 342 g/mol. The SMILES string of the molecule is Brc1nc(I)cc2c1OCCO2. The van der Waals surface area contributed by atoms with Crippen molar-refractivity contribution in [3.8, 4) is 11.5 Å². The lowest BCUT2D eigenvalue weighted by Gasteiger charge is -2.18. The van der Waals surface area contributed by atoms with Crippen LogP contribution in [0.5, 0.6) is 11.5 Å². The predicted molar refractivity (Wildman–Crippen MR) is 55.6 cm³/mol. The van der Waals surface area contributed by atoms with Crippen LogP contribution in [0.1, 0.15) is 0 Å². The highest BCUT2D eigenvalue weighted by molar-refractivity contribution is 14.1. The van der Waals surface area contributed by atoms with Crippen molar-refractivity contribution in [2.24, 2.45) is 0 Å². The zero-order chi connectivity index (χ0) is 8.55. The van der Waals surface area contributed by atoms with Gasteiger partial charge in [0.2, 0.25) is 0 Å². The number of hydrogen-bond donors (Lipinski definition) is 0. The Morgan fingerprint density at radius 1 is 1.42 bits per heavy atom. The zero-order valence-electron chi connectivity index (χ0n) is 6.01. The first-order valence-electron chi connectivity index (χ1n) is 3.39. The lowest BCUT2D eigenvalue weighted by Crippen LogP contribution is -2.16. The quantitative estimate of drug-likeness (QED) is 0.535. The van der Waals surface area contributed by atoms with Crippen LogP contribution in [0.2, 0.25) is 0 Å². The van der Waals surface area contributed by atoms with Crippen molar-refractivity contribution in [3.05, 3.63) is 14.4 Å². The van der Waals surface area contributed by atoms with Crippen molar-refractivity contribution in [3.63, 3.8) is 0 Å². The van der Waals surface area contributed by atoms with Gasteiger partial charge in [0.15, 0.2) is 16.1 Å². The monoisotopic (exact) mass is 341 g/mol. The molecule has 1 aromatic rings. The lowest BCUT2D eigenvalue weighted by molar-refractivity contribution is 0.169. The van der Waals surface area contributed by atoms with Crippen LogP contribution < -0.4 is 9.47 Å². The number of pyridine rings is 1. The summed E-state index contributed by atoms with van der Waals surface area (Å²) < 4.78 is 12.4. The Morgan fingerprint density at radius 3 is 3.00 bits per heavy atom. The van der Waals surface area contributed by atoms with Gasteiger partial charge in [0.25, 0.3) is 0 Å². The maximum Gasteiger partial charge on any atom is 0.194 e. The van der Waals surface area contributed by atoms with Crippen molar-refractivity contribution in [1.29, 1.82) is 0 Å². The zero-order valence-corrected chi connectivity index (χ0v) is 9.75. The Balaban J connectivity index is 2.53. The minimum Gasteiger partial charge on any atom is -0.486 e. The Labute approximate surface area is 91.7 Å². The van der Waals surface area contributed by atoms with Gasteiger partial charge in [-0.25, -0.2) is 4.98 Å². The van der Waals surface area contributed by atoms with E-state index in [1.165, 1.54) is 0 Å². The molecule has 2 heterocycles.